The summed E-state index contributed by atoms with van der Waals surface area (Å²) in [5, 5.41) is 0. The number of hydrogen-bond acceptors (Lipinski definition) is 5. The second kappa shape index (κ2) is 18.5. The van der Waals surface area contributed by atoms with Crippen molar-refractivity contribution >= 4 is 17.6 Å². The third-order valence-electron chi connectivity index (χ3n) is 7.70. The fourth-order valence-corrected chi connectivity index (χ4v) is 14.3. The quantitative estimate of drug-likeness (QED) is 0.116. The molecule has 2 rings (SSSR count). The predicted molar refractivity (Wildman–Crippen MR) is 150 cm³/mol. The van der Waals surface area contributed by atoms with E-state index in [1.807, 2.05) is 0 Å². The molecule has 0 aromatic rings. The molecule has 0 heterocycles. The molecular formula is C28H58O5Si2. The van der Waals surface area contributed by atoms with Gasteiger partial charge in [-0.1, -0.05) is 91.9 Å². The van der Waals surface area contributed by atoms with Crippen LogP contribution in [0.5, 0.6) is 0 Å². The van der Waals surface area contributed by atoms with Crippen LogP contribution in [-0.4, -0.2) is 44.0 Å². The molecule has 2 aliphatic rings. The standard InChI is InChI=1S/C28H58O5Si2/c1-5-9-23-29-34(30-24-10-6-2,27-19-15-13-16-20-27)33-35(31-25-11-7-3,32-26-12-8-4)28-21-17-14-18-22-28/h27-28H,5-26H2,1-4H3. The number of unbranched alkanes of at least 4 members (excludes halogenated alkanes) is 4. The van der Waals surface area contributed by atoms with Crippen molar-refractivity contribution in [3.63, 3.8) is 0 Å². The van der Waals surface area contributed by atoms with Gasteiger partial charge in [-0.25, -0.2) is 0 Å². The zero-order chi connectivity index (χ0) is 25.2. The lowest BCUT2D eigenvalue weighted by Gasteiger charge is -2.46. The van der Waals surface area contributed by atoms with E-state index in [9.17, 15) is 0 Å². The normalized spacial score (nSPS) is 18.9. The van der Waals surface area contributed by atoms with Gasteiger partial charge in [-0.05, 0) is 51.4 Å². The Bertz CT molecular complexity index is 446. The molecule has 2 saturated carbocycles. The van der Waals surface area contributed by atoms with E-state index in [1.54, 1.807) is 0 Å². The summed E-state index contributed by atoms with van der Waals surface area (Å²) < 4.78 is 35.0. The molecule has 35 heavy (non-hydrogen) atoms. The first-order valence-electron chi connectivity index (χ1n) is 15.4. The zero-order valence-electron chi connectivity index (χ0n) is 23.8. The Hall–Kier alpha value is 0.234. The van der Waals surface area contributed by atoms with Gasteiger partial charge in [-0.2, -0.15) is 0 Å². The molecule has 0 aliphatic heterocycles. The summed E-state index contributed by atoms with van der Waals surface area (Å²) in [6.45, 7) is 11.8. The van der Waals surface area contributed by atoms with Crippen LogP contribution in [0.15, 0.2) is 0 Å². The minimum Gasteiger partial charge on any atom is -0.374 e. The van der Waals surface area contributed by atoms with E-state index < -0.39 is 17.6 Å². The Morgan fingerprint density at radius 3 is 1.00 bits per heavy atom. The van der Waals surface area contributed by atoms with E-state index in [-0.39, 0.29) is 0 Å². The maximum Gasteiger partial charge on any atom is 0.496 e. The molecule has 208 valence electrons. The first kappa shape index (κ1) is 31.5. The monoisotopic (exact) mass is 530 g/mol. The highest BCUT2D eigenvalue weighted by Gasteiger charge is 2.61. The van der Waals surface area contributed by atoms with E-state index in [2.05, 4.69) is 27.7 Å². The molecule has 0 saturated heterocycles. The van der Waals surface area contributed by atoms with Crippen LogP contribution in [0.4, 0.5) is 0 Å². The summed E-state index contributed by atoms with van der Waals surface area (Å²) in [7, 11) is -5.99. The molecule has 0 spiro atoms. The minimum absolute atomic E-state index is 0.380. The van der Waals surface area contributed by atoms with Crippen LogP contribution in [-0.2, 0) is 21.8 Å². The van der Waals surface area contributed by atoms with Gasteiger partial charge < -0.3 is 21.8 Å². The molecule has 0 unspecified atom stereocenters. The summed E-state index contributed by atoms with van der Waals surface area (Å²) in [5.74, 6) is 0. The van der Waals surface area contributed by atoms with Crippen molar-refractivity contribution in [2.45, 2.75) is 154 Å². The smallest absolute Gasteiger partial charge is 0.374 e. The Morgan fingerprint density at radius 2 is 0.743 bits per heavy atom. The first-order chi connectivity index (χ1) is 17.2. The second-order valence-corrected chi connectivity index (χ2v) is 16.8. The van der Waals surface area contributed by atoms with Gasteiger partial charge in [0.25, 0.3) is 0 Å². The van der Waals surface area contributed by atoms with E-state index in [0.29, 0.717) is 11.1 Å². The molecule has 0 aromatic carbocycles. The lowest BCUT2D eigenvalue weighted by Crippen LogP contribution is -2.63. The highest BCUT2D eigenvalue weighted by atomic mass is 28.5. The predicted octanol–water partition coefficient (Wildman–Crippen LogP) is 8.82. The van der Waals surface area contributed by atoms with Gasteiger partial charge in [0, 0.05) is 37.5 Å². The van der Waals surface area contributed by atoms with E-state index in [4.69, 9.17) is 21.8 Å². The van der Waals surface area contributed by atoms with Gasteiger partial charge in [0.15, 0.2) is 0 Å². The molecule has 5 nitrogen and oxygen atoms in total. The zero-order valence-corrected chi connectivity index (χ0v) is 25.8. The SMILES string of the molecule is CCCCO[Si](OCCCC)(O[Si](OCCCC)(OCCCC)C1CCCCC1)C1CCCCC1. The van der Waals surface area contributed by atoms with Gasteiger partial charge in [-0.3, -0.25) is 0 Å². The molecule has 7 heteroatoms. The summed E-state index contributed by atoms with van der Waals surface area (Å²) >= 11 is 0. The van der Waals surface area contributed by atoms with Crippen LogP contribution >= 0.6 is 0 Å². The topological polar surface area (TPSA) is 46.2 Å². The van der Waals surface area contributed by atoms with Gasteiger partial charge in [0.1, 0.15) is 0 Å². The van der Waals surface area contributed by atoms with Crippen molar-refractivity contribution in [3.8, 4) is 0 Å². The summed E-state index contributed by atoms with van der Waals surface area (Å²) in [6.07, 6.45) is 20.9. The molecule has 0 bridgehead atoms. The summed E-state index contributed by atoms with van der Waals surface area (Å²) in [5.41, 5.74) is 0.759. The van der Waals surface area contributed by atoms with Crippen LogP contribution in [0.1, 0.15) is 143 Å². The summed E-state index contributed by atoms with van der Waals surface area (Å²) in [4.78, 5) is 0. The largest absolute Gasteiger partial charge is 0.496 e. The second-order valence-electron chi connectivity index (χ2n) is 10.8. The Morgan fingerprint density at radius 1 is 0.457 bits per heavy atom. The first-order valence-corrected chi connectivity index (χ1v) is 19.0. The van der Waals surface area contributed by atoms with Crippen LogP contribution < -0.4 is 0 Å². The maximum atomic E-state index is 7.48. The molecule has 2 fully saturated rings. The third kappa shape index (κ3) is 10.5. The average Bonchev–Trinajstić information content (AvgIpc) is 2.90. The van der Waals surface area contributed by atoms with Crippen LogP contribution in [0.2, 0.25) is 11.1 Å². The number of hydrogen-bond donors (Lipinski definition) is 0. The van der Waals surface area contributed by atoms with Crippen molar-refractivity contribution in [2.24, 2.45) is 0 Å². The fourth-order valence-electron chi connectivity index (χ4n) is 5.38. The molecule has 0 amide bonds. The van der Waals surface area contributed by atoms with Crippen molar-refractivity contribution in [2.75, 3.05) is 26.4 Å². The lowest BCUT2D eigenvalue weighted by atomic mass is 10.0. The minimum atomic E-state index is -3.00. The van der Waals surface area contributed by atoms with Crippen molar-refractivity contribution in [3.05, 3.63) is 0 Å². The lowest BCUT2D eigenvalue weighted by molar-refractivity contribution is 0.0216. The highest BCUT2D eigenvalue weighted by molar-refractivity contribution is 6.76. The number of rotatable bonds is 20. The van der Waals surface area contributed by atoms with Crippen LogP contribution in [0.25, 0.3) is 0 Å². The molecule has 0 aromatic heterocycles. The van der Waals surface area contributed by atoms with Gasteiger partial charge in [0.2, 0.25) is 0 Å². The van der Waals surface area contributed by atoms with Crippen LogP contribution in [0, 0.1) is 0 Å². The molecule has 0 atom stereocenters. The highest BCUT2D eigenvalue weighted by Crippen LogP contribution is 2.46. The van der Waals surface area contributed by atoms with E-state index in [0.717, 1.165) is 103 Å². The fraction of sp³-hybridized carbons (Fsp3) is 1.00. The maximum absolute atomic E-state index is 7.48. The Kier molecular flexibility index (Phi) is 16.6. The van der Waals surface area contributed by atoms with E-state index in [1.165, 1.54) is 38.5 Å². The van der Waals surface area contributed by atoms with Crippen LogP contribution in [0.3, 0.4) is 0 Å². The third-order valence-corrected chi connectivity index (χ3v) is 15.6. The van der Waals surface area contributed by atoms with Gasteiger partial charge >= 0.3 is 17.6 Å². The molecule has 0 N–H and O–H groups in total. The average molecular weight is 531 g/mol. The molecule has 0 radical (unpaired) electrons. The molecule has 2 aliphatic carbocycles. The van der Waals surface area contributed by atoms with Crippen molar-refractivity contribution in [1.29, 1.82) is 0 Å². The van der Waals surface area contributed by atoms with Crippen molar-refractivity contribution in [1.82, 2.24) is 0 Å². The Balaban J connectivity index is 2.44. The summed E-state index contributed by atoms with van der Waals surface area (Å²) in [6, 6.07) is 0. The molecular weight excluding hydrogens is 472 g/mol. The van der Waals surface area contributed by atoms with Crippen molar-refractivity contribution < 1.29 is 21.8 Å². The van der Waals surface area contributed by atoms with E-state index >= 15 is 0 Å². The Labute approximate surface area is 220 Å². The van der Waals surface area contributed by atoms with Gasteiger partial charge in [-0.15, -0.1) is 0 Å². The van der Waals surface area contributed by atoms with Gasteiger partial charge in [0.05, 0.1) is 0 Å².